The van der Waals surface area contributed by atoms with E-state index in [4.69, 9.17) is 5.14 Å². The molecular formula is C18H17N5O4S. The van der Waals surface area contributed by atoms with Crippen LogP contribution in [0, 0.1) is 0 Å². The van der Waals surface area contributed by atoms with Crippen LogP contribution in [0.25, 0.3) is 0 Å². The molecule has 0 atom stereocenters. The van der Waals surface area contributed by atoms with Crippen molar-refractivity contribution in [1.82, 2.24) is 9.55 Å². The van der Waals surface area contributed by atoms with E-state index in [2.05, 4.69) is 15.6 Å². The summed E-state index contributed by atoms with van der Waals surface area (Å²) in [6.07, 6.45) is 4.80. The molecule has 2 amide bonds. The minimum Gasteiger partial charge on any atom is -0.328 e. The zero-order valence-electron chi connectivity index (χ0n) is 14.6. The van der Waals surface area contributed by atoms with Crippen LogP contribution < -0.4 is 15.8 Å². The van der Waals surface area contributed by atoms with E-state index in [1.54, 1.807) is 47.3 Å². The summed E-state index contributed by atoms with van der Waals surface area (Å²) in [5.41, 5.74) is 1.18. The number of rotatable bonds is 6. The van der Waals surface area contributed by atoms with Crippen LogP contribution in [-0.2, 0) is 21.4 Å². The number of carbonyl (C=O) groups is 2. The maximum Gasteiger partial charge on any atom is 0.255 e. The number of sulfonamides is 1. The number of nitrogens with two attached hydrogens (primary N) is 1. The molecule has 0 saturated heterocycles. The zero-order chi connectivity index (χ0) is 20.1. The first-order chi connectivity index (χ1) is 13.3. The molecule has 0 aliphatic rings. The Bertz CT molecular complexity index is 1090. The molecule has 0 aliphatic carbocycles. The van der Waals surface area contributed by atoms with Crippen LogP contribution in [0.1, 0.15) is 10.4 Å². The van der Waals surface area contributed by atoms with Gasteiger partial charge in [-0.15, -0.1) is 0 Å². The number of carbonyl (C=O) groups excluding carboxylic acids is 2. The first-order valence-electron chi connectivity index (χ1n) is 8.11. The quantitative estimate of drug-likeness (QED) is 0.576. The molecule has 3 aromatic rings. The molecule has 0 aliphatic heterocycles. The molecule has 4 N–H and O–H groups in total. The fourth-order valence-electron chi connectivity index (χ4n) is 2.41. The summed E-state index contributed by atoms with van der Waals surface area (Å²) in [5, 5.41) is 10.4. The number of aromatic nitrogens is 2. The molecule has 28 heavy (non-hydrogen) atoms. The van der Waals surface area contributed by atoms with Crippen molar-refractivity contribution >= 4 is 33.2 Å². The highest BCUT2D eigenvalue weighted by atomic mass is 32.2. The van der Waals surface area contributed by atoms with Gasteiger partial charge in [0.2, 0.25) is 15.9 Å². The van der Waals surface area contributed by atoms with Crippen LogP contribution in [0.3, 0.4) is 0 Å². The van der Waals surface area contributed by atoms with Crippen molar-refractivity contribution in [2.24, 2.45) is 5.14 Å². The Hall–Kier alpha value is -3.50. The fraction of sp³-hybridized carbons (Fsp3) is 0.0556. The molecule has 2 aromatic carbocycles. The zero-order valence-corrected chi connectivity index (χ0v) is 15.4. The van der Waals surface area contributed by atoms with E-state index in [0.717, 1.165) is 0 Å². The Balaban J connectivity index is 1.63. The van der Waals surface area contributed by atoms with E-state index in [1.807, 2.05) is 0 Å². The lowest BCUT2D eigenvalue weighted by Gasteiger charge is -2.09. The van der Waals surface area contributed by atoms with Gasteiger partial charge in [0.25, 0.3) is 5.91 Å². The van der Waals surface area contributed by atoms with Gasteiger partial charge in [0, 0.05) is 29.3 Å². The monoisotopic (exact) mass is 399 g/mol. The van der Waals surface area contributed by atoms with Gasteiger partial charge >= 0.3 is 0 Å². The van der Waals surface area contributed by atoms with E-state index in [-0.39, 0.29) is 17.3 Å². The van der Waals surface area contributed by atoms with Gasteiger partial charge in [0.15, 0.2) is 0 Å². The molecular weight excluding hydrogens is 382 g/mol. The van der Waals surface area contributed by atoms with Crippen molar-refractivity contribution in [3.63, 3.8) is 0 Å². The second-order valence-electron chi connectivity index (χ2n) is 5.89. The first kappa shape index (κ1) is 19.3. The maximum atomic E-state index is 12.3. The number of hydrogen-bond acceptors (Lipinski definition) is 5. The van der Waals surface area contributed by atoms with Crippen molar-refractivity contribution in [2.45, 2.75) is 11.4 Å². The Morgan fingerprint density at radius 3 is 2.43 bits per heavy atom. The summed E-state index contributed by atoms with van der Waals surface area (Å²) in [6, 6.07) is 11.9. The lowest BCUT2D eigenvalue weighted by molar-refractivity contribution is -0.116. The molecule has 0 spiro atoms. The second kappa shape index (κ2) is 8.03. The Morgan fingerprint density at radius 2 is 1.79 bits per heavy atom. The Labute approximate surface area is 161 Å². The maximum absolute atomic E-state index is 12.3. The lowest BCUT2D eigenvalue weighted by atomic mass is 10.2. The highest BCUT2D eigenvalue weighted by Crippen LogP contribution is 2.16. The Morgan fingerprint density at radius 1 is 1.04 bits per heavy atom. The van der Waals surface area contributed by atoms with Crippen molar-refractivity contribution in [3.8, 4) is 0 Å². The summed E-state index contributed by atoms with van der Waals surface area (Å²) in [6.45, 7) is 0.128. The van der Waals surface area contributed by atoms with Crippen LogP contribution in [-0.4, -0.2) is 29.8 Å². The third-order valence-electron chi connectivity index (χ3n) is 3.74. The van der Waals surface area contributed by atoms with Crippen molar-refractivity contribution in [3.05, 3.63) is 72.8 Å². The summed E-state index contributed by atoms with van der Waals surface area (Å²) < 4.78 is 24.4. The molecule has 0 fully saturated rings. The molecule has 1 aromatic heterocycles. The molecule has 10 heteroatoms. The van der Waals surface area contributed by atoms with Crippen molar-refractivity contribution < 1.29 is 18.0 Å². The van der Waals surface area contributed by atoms with Gasteiger partial charge < -0.3 is 15.2 Å². The molecule has 3 rings (SSSR count). The largest absolute Gasteiger partial charge is 0.328 e. The smallest absolute Gasteiger partial charge is 0.255 e. The molecule has 0 bridgehead atoms. The van der Waals surface area contributed by atoms with E-state index in [1.165, 1.54) is 24.5 Å². The molecule has 0 saturated carbocycles. The SMILES string of the molecule is NS(=O)(=O)c1cccc(NC(=O)c2ccc(NC(=O)Cn3ccnc3)cc2)c1. The number of benzene rings is 2. The molecule has 1 heterocycles. The van der Waals surface area contributed by atoms with Gasteiger partial charge in [-0.05, 0) is 42.5 Å². The topological polar surface area (TPSA) is 136 Å². The van der Waals surface area contributed by atoms with Gasteiger partial charge in [0.05, 0.1) is 11.2 Å². The average Bonchev–Trinajstić information content (AvgIpc) is 3.14. The van der Waals surface area contributed by atoms with Crippen molar-refractivity contribution in [1.29, 1.82) is 0 Å². The fourth-order valence-corrected chi connectivity index (χ4v) is 2.97. The third-order valence-corrected chi connectivity index (χ3v) is 4.65. The first-order valence-corrected chi connectivity index (χ1v) is 9.66. The number of amides is 2. The number of nitrogens with zero attached hydrogens (tertiary/aromatic N) is 2. The molecule has 0 unspecified atom stereocenters. The van der Waals surface area contributed by atoms with Crippen LogP contribution in [0.4, 0.5) is 11.4 Å². The molecule has 144 valence electrons. The van der Waals surface area contributed by atoms with Gasteiger partial charge in [-0.3, -0.25) is 9.59 Å². The van der Waals surface area contributed by atoms with Gasteiger partial charge in [-0.25, -0.2) is 18.5 Å². The predicted octanol–water partition coefficient (Wildman–Crippen LogP) is 1.42. The van der Waals surface area contributed by atoms with Gasteiger partial charge in [0.1, 0.15) is 6.54 Å². The molecule has 9 nitrogen and oxygen atoms in total. The lowest BCUT2D eigenvalue weighted by Crippen LogP contribution is -2.18. The number of hydrogen-bond donors (Lipinski definition) is 3. The normalized spacial score (nSPS) is 11.0. The minimum atomic E-state index is -3.86. The number of imidazole rings is 1. The number of primary sulfonamides is 1. The number of nitrogens with one attached hydrogen (secondary N) is 2. The molecule has 0 radical (unpaired) electrons. The third kappa shape index (κ3) is 5.02. The summed E-state index contributed by atoms with van der Waals surface area (Å²) >= 11 is 0. The minimum absolute atomic E-state index is 0.0961. The summed E-state index contributed by atoms with van der Waals surface area (Å²) in [4.78, 5) is 28.1. The highest BCUT2D eigenvalue weighted by molar-refractivity contribution is 7.89. The second-order valence-corrected chi connectivity index (χ2v) is 7.45. The predicted molar refractivity (Wildman–Crippen MR) is 103 cm³/mol. The van der Waals surface area contributed by atoms with E-state index in [0.29, 0.717) is 16.9 Å². The summed E-state index contributed by atoms with van der Waals surface area (Å²) in [5.74, 6) is -0.655. The van der Waals surface area contributed by atoms with Crippen LogP contribution in [0.15, 0.2) is 72.1 Å². The summed E-state index contributed by atoms with van der Waals surface area (Å²) in [7, 11) is -3.86. The van der Waals surface area contributed by atoms with Gasteiger partial charge in [-0.2, -0.15) is 0 Å². The van der Waals surface area contributed by atoms with Crippen molar-refractivity contribution in [2.75, 3.05) is 10.6 Å². The van der Waals surface area contributed by atoms with E-state index >= 15 is 0 Å². The number of anilines is 2. The van der Waals surface area contributed by atoms with E-state index < -0.39 is 15.9 Å². The van der Waals surface area contributed by atoms with Crippen LogP contribution in [0.2, 0.25) is 0 Å². The Kier molecular flexibility index (Phi) is 5.52. The van der Waals surface area contributed by atoms with Gasteiger partial charge in [-0.1, -0.05) is 6.07 Å². The van der Waals surface area contributed by atoms with Crippen LogP contribution in [0.5, 0.6) is 0 Å². The van der Waals surface area contributed by atoms with E-state index in [9.17, 15) is 18.0 Å². The standard InChI is InChI=1S/C18H17N5O4S/c19-28(26,27)16-3-1-2-15(10-16)22-18(25)13-4-6-14(7-5-13)21-17(24)11-23-9-8-20-12-23/h1-10,12H,11H2,(H,21,24)(H,22,25)(H2,19,26,27). The van der Waals surface area contributed by atoms with Crippen LogP contribution >= 0.6 is 0 Å². The average molecular weight is 399 g/mol. The highest BCUT2D eigenvalue weighted by Gasteiger charge is 2.11.